The lowest BCUT2D eigenvalue weighted by Crippen LogP contribution is -2.17. The molecule has 0 saturated heterocycles. The minimum Gasteiger partial charge on any atom is -0.296 e. The molecule has 0 aliphatic rings. The fraction of sp³-hybridized carbons (Fsp3) is 0.188. The lowest BCUT2D eigenvalue weighted by Gasteiger charge is -2.03. The second-order valence-corrected chi connectivity index (χ2v) is 5.84. The Bertz CT molecular complexity index is 838. The molecule has 0 atom stereocenters. The monoisotopic (exact) mass is 330 g/mol. The molecule has 5 nitrogen and oxygen atoms in total. The highest BCUT2D eigenvalue weighted by Gasteiger charge is 2.15. The molecule has 0 unspecified atom stereocenters. The van der Waals surface area contributed by atoms with Gasteiger partial charge in [-0.25, -0.2) is 9.37 Å². The van der Waals surface area contributed by atoms with Crippen LogP contribution in [0.4, 0.5) is 9.52 Å². The average molecular weight is 330 g/mol. The van der Waals surface area contributed by atoms with Crippen LogP contribution in [0.5, 0.6) is 0 Å². The number of hydrogen-bond acceptors (Lipinski definition) is 4. The molecule has 0 bridgehead atoms. The Hall–Kier alpha value is -2.54. The largest absolute Gasteiger partial charge is 0.296 e. The number of amides is 1. The molecule has 1 amide bonds. The van der Waals surface area contributed by atoms with E-state index >= 15 is 0 Å². The predicted molar refractivity (Wildman–Crippen MR) is 88.1 cm³/mol. The third-order valence-electron chi connectivity index (χ3n) is 3.30. The van der Waals surface area contributed by atoms with Crippen molar-refractivity contribution in [2.45, 2.75) is 20.4 Å². The number of rotatable bonds is 4. The number of hydrogen-bond donors (Lipinski definition) is 1. The molecule has 2 heterocycles. The van der Waals surface area contributed by atoms with Gasteiger partial charge in [-0.3, -0.25) is 14.8 Å². The molecule has 0 fully saturated rings. The van der Waals surface area contributed by atoms with E-state index in [0.29, 0.717) is 23.1 Å². The lowest BCUT2D eigenvalue weighted by molar-refractivity contribution is 0.101. The number of carbonyl (C=O) groups is 1. The highest BCUT2D eigenvalue weighted by Crippen LogP contribution is 2.25. The molecule has 0 aliphatic heterocycles. The molecule has 23 heavy (non-hydrogen) atoms. The number of nitrogens with one attached hydrogen (secondary N) is 1. The SMILES string of the molecule is CCn1nc(C)cc1C(=O)Nc1nc(-c2ccc(F)cc2)cs1. The van der Waals surface area contributed by atoms with Gasteiger partial charge in [0.25, 0.3) is 5.91 Å². The van der Waals surface area contributed by atoms with E-state index in [1.54, 1.807) is 22.9 Å². The van der Waals surface area contributed by atoms with Crippen molar-refractivity contribution in [1.29, 1.82) is 0 Å². The average Bonchev–Trinajstić information content (AvgIpc) is 3.14. The zero-order valence-corrected chi connectivity index (χ0v) is 13.5. The summed E-state index contributed by atoms with van der Waals surface area (Å²) in [6, 6.07) is 7.83. The van der Waals surface area contributed by atoms with Crippen LogP contribution in [0.1, 0.15) is 23.1 Å². The van der Waals surface area contributed by atoms with Crippen LogP contribution in [0, 0.1) is 12.7 Å². The van der Waals surface area contributed by atoms with Crippen molar-refractivity contribution in [1.82, 2.24) is 14.8 Å². The van der Waals surface area contributed by atoms with Gasteiger partial charge in [-0.05, 0) is 44.2 Å². The third-order valence-corrected chi connectivity index (χ3v) is 4.06. The Morgan fingerprint density at radius 2 is 2.09 bits per heavy atom. The fourth-order valence-corrected chi connectivity index (χ4v) is 2.93. The number of carbonyl (C=O) groups excluding carboxylic acids is 1. The fourth-order valence-electron chi connectivity index (χ4n) is 2.21. The first-order chi connectivity index (χ1) is 11.1. The van der Waals surface area contributed by atoms with Crippen LogP contribution in [0.15, 0.2) is 35.7 Å². The van der Waals surface area contributed by atoms with Crippen LogP contribution in [-0.2, 0) is 6.54 Å². The van der Waals surface area contributed by atoms with Crippen molar-refractivity contribution in [3.63, 3.8) is 0 Å². The molecule has 3 aromatic rings. The van der Waals surface area contributed by atoms with Gasteiger partial charge in [0.1, 0.15) is 11.5 Å². The quantitative estimate of drug-likeness (QED) is 0.793. The zero-order valence-electron chi connectivity index (χ0n) is 12.7. The molecule has 1 N–H and O–H groups in total. The highest BCUT2D eigenvalue weighted by molar-refractivity contribution is 7.14. The first-order valence-corrected chi connectivity index (χ1v) is 8.02. The van der Waals surface area contributed by atoms with E-state index in [0.717, 1.165) is 11.3 Å². The van der Waals surface area contributed by atoms with E-state index in [1.165, 1.54) is 23.5 Å². The Kier molecular flexibility index (Phi) is 4.20. The van der Waals surface area contributed by atoms with Crippen LogP contribution in [0.2, 0.25) is 0 Å². The molecule has 2 aromatic heterocycles. The molecule has 3 rings (SSSR count). The number of nitrogens with zero attached hydrogens (tertiary/aromatic N) is 3. The second-order valence-electron chi connectivity index (χ2n) is 4.99. The summed E-state index contributed by atoms with van der Waals surface area (Å²) in [6.07, 6.45) is 0. The van der Waals surface area contributed by atoms with Crippen LogP contribution >= 0.6 is 11.3 Å². The maximum atomic E-state index is 13.0. The van der Waals surface area contributed by atoms with E-state index in [1.807, 2.05) is 19.2 Å². The number of benzene rings is 1. The number of aromatic nitrogens is 3. The van der Waals surface area contributed by atoms with Crippen molar-refractivity contribution < 1.29 is 9.18 Å². The van der Waals surface area contributed by atoms with Gasteiger partial charge in [0, 0.05) is 17.5 Å². The first kappa shape index (κ1) is 15.4. The molecule has 0 aliphatic carbocycles. The summed E-state index contributed by atoms with van der Waals surface area (Å²) < 4.78 is 14.6. The summed E-state index contributed by atoms with van der Waals surface area (Å²) in [5.74, 6) is -0.534. The van der Waals surface area contributed by atoms with Crippen LogP contribution in [-0.4, -0.2) is 20.7 Å². The van der Waals surface area contributed by atoms with Crippen molar-refractivity contribution in [3.05, 3.63) is 52.9 Å². The molecular weight excluding hydrogens is 315 g/mol. The zero-order chi connectivity index (χ0) is 16.4. The molecular formula is C16H15FN4OS. The Morgan fingerprint density at radius 1 is 1.35 bits per heavy atom. The molecule has 0 saturated carbocycles. The second kappa shape index (κ2) is 6.29. The van der Waals surface area contributed by atoms with E-state index < -0.39 is 0 Å². The van der Waals surface area contributed by atoms with Crippen molar-refractivity contribution >= 4 is 22.4 Å². The van der Waals surface area contributed by atoms with E-state index in [9.17, 15) is 9.18 Å². The summed E-state index contributed by atoms with van der Waals surface area (Å²) in [5, 5.41) is 9.36. The predicted octanol–water partition coefficient (Wildman–Crippen LogP) is 3.73. The van der Waals surface area contributed by atoms with E-state index in [-0.39, 0.29) is 11.7 Å². The molecule has 0 radical (unpaired) electrons. The number of halogens is 1. The highest BCUT2D eigenvalue weighted by atomic mass is 32.1. The van der Waals surface area contributed by atoms with Crippen molar-refractivity contribution in [2.24, 2.45) is 0 Å². The molecule has 1 aromatic carbocycles. The van der Waals surface area contributed by atoms with Gasteiger partial charge in [0.15, 0.2) is 5.13 Å². The Morgan fingerprint density at radius 3 is 2.78 bits per heavy atom. The summed E-state index contributed by atoms with van der Waals surface area (Å²) >= 11 is 1.33. The van der Waals surface area contributed by atoms with E-state index in [4.69, 9.17) is 0 Å². The molecule has 0 spiro atoms. The molecule has 7 heteroatoms. The lowest BCUT2D eigenvalue weighted by atomic mass is 10.2. The number of aryl methyl sites for hydroxylation is 2. The smallest absolute Gasteiger partial charge is 0.275 e. The van der Waals surface area contributed by atoms with Crippen LogP contribution in [0.3, 0.4) is 0 Å². The van der Waals surface area contributed by atoms with Gasteiger partial charge in [-0.15, -0.1) is 11.3 Å². The minimum absolute atomic E-state index is 0.243. The normalized spacial score (nSPS) is 10.7. The van der Waals surface area contributed by atoms with Gasteiger partial charge >= 0.3 is 0 Å². The van der Waals surface area contributed by atoms with Gasteiger partial charge in [0.2, 0.25) is 0 Å². The minimum atomic E-state index is -0.291. The first-order valence-electron chi connectivity index (χ1n) is 7.14. The van der Waals surface area contributed by atoms with Gasteiger partial charge < -0.3 is 0 Å². The maximum Gasteiger partial charge on any atom is 0.275 e. The number of thiazole rings is 1. The summed E-state index contributed by atoms with van der Waals surface area (Å²) in [5.41, 5.74) is 2.80. The van der Waals surface area contributed by atoms with Gasteiger partial charge in [-0.2, -0.15) is 5.10 Å². The molecule has 118 valence electrons. The number of anilines is 1. The maximum absolute atomic E-state index is 13.0. The Labute approximate surface area is 136 Å². The summed E-state index contributed by atoms with van der Waals surface area (Å²) in [6.45, 7) is 4.40. The topological polar surface area (TPSA) is 59.8 Å². The standard InChI is InChI=1S/C16H15FN4OS/c1-3-21-14(8-10(2)20-21)15(22)19-16-18-13(9-23-16)11-4-6-12(17)7-5-11/h4-9H,3H2,1-2H3,(H,18,19,22). The van der Waals surface area contributed by atoms with Crippen molar-refractivity contribution in [3.8, 4) is 11.3 Å². The van der Waals surface area contributed by atoms with Crippen LogP contribution < -0.4 is 5.32 Å². The van der Waals surface area contributed by atoms with Gasteiger partial charge in [0.05, 0.1) is 11.4 Å². The summed E-state index contributed by atoms with van der Waals surface area (Å²) in [7, 11) is 0. The van der Waals surface area contributed by atoms with E-state index in [2.05, 4.69) is 15.4 Å². The van der Waals surface area contributed by atoms with Crippen LogP contribution in [0.25, 0.3) is 11.3 Å². The summed E-state index contributed by atoms with van der Waals surface area (Å²) in [4.78, 5) is 16.7. The van der Waals surface area contributed by atoms with Crippen molar-refractivity contribution in [2.75, 3.05) is 5.32 Å². The Balaban J connectivity index is 1.78. The third kappa shape index (κ3) is 3.29. The van der Waals surface area contributed by atoms with Gasteiger partial charge in [-0.1, -0.05) is 0 Å².